The van der Waals surface area contributed by atoms with Crippen molar-refractivity contribution in [2.75, 3.05) is 5.32 Å². The van der Waals surface area contributed by atoms with Gasteiger partial charge in [0.1, 0.15) is 5.15 Å². The molecule has 0 fully saturated rings. The van der Waals surface area contributed by atoms with Crippen LogP contribution in [0.1, 0.15) is 28.5 Å². The molecular formula is C23H20ClN5O2. The average Bonchev–Trinajstić information content (AvgIpc) is 3.10. The third kappa shape index (κ3) is 4.57. The van der Waals surface area contributed by atoms with Gasteiger partial charge in [0, 0.05) is 16.8 Å². The molecule has 4 aromatic rings. The van der Waals surface area contributed by atoms with E-state index in [2.05, 4.69) is 20.7 Å². The third-order valence-electron chi connectivity index (χ3n) is 4.83. The SMILES string of the molecule is CC(=O)c1ccc(NC(=O)NCc2c(-c3ccc(C)cc3)nc3ccc(Cl)nn23)cc1. The number of nitrogens with zero attached hydrogens (tertiary/aromatic N) is 3. The molecule has 2 heterocycles. The molecule has 2 amide bonds. The first-order valence-corrected chi connectivity index (χ1v) is 10.1. The molecule has 7 nitrogen and oxygen atoms in total. The Kier molecular flexibility index (Phi) is 5.68. The summed E-state index contributed by atoms with van der Waals surface area (Å²) in [6, 6.07) is 17.8. The number of rotatable bonds is 5. The zero-order chi connectivity index (χ0) is 22.0. The molecule has 2 aromatic heterocycles. The molecule has 2 aromatic carbocycles. The molecule has 0 radical (unpaired) electrons. The minimum absolute atomic E-state index is 0.0293. The number of benzene rings is 2. The summed E-state index contributed by atoms with van der Waals surface area (Å²) in [7, 11) is 0. The molecule has 0 aliphatic heterocycles. The summed E-state index contributed by atoms with van der Waals surface area (Å²) < 4.78 is 1.64. The van der Waals surface area contributed by atoms with Crippen molar-refractivity contribution in [1.29, 1.82) is 0 Å². The van der Waals surface area contributed by atoms with E-state index in [9.17, 15) is 9.59 Å². The first-order chi connectivity index (χ1) is 14.9. The highest BCUT2D eigenvalue weighted by Gasteiger charge is 2.16. The fourth-order valence-corrected chi connectivity index (χ4v) is 3.32. The standard InChI is InChI=1S/C23H20ClN5O2/c1-14-3-5-17(6-4-14)22-19(29-21(27-22)12-11-20(24)28-29)13-25-23(31)26-18-9-7-16(8-10-18)15(2)30/h3-12H,13H2,1-2H3,(H2,25,26,31). The molecule has 0 unspecified atom stereocenters. The predicted molar refractivity (Wildman–Crippen MR) is 120 cm³/mol. The van der Waals surface area contributed by atoms with E-state index in [4.69, 9.17) is 11.6 Å². The Morgan fingerprint density at radius 3 is 2.39 bits per heavy atom. The topological polar surface area (TPSA) is 88.4 Å². The lowest BCUT2D eigenvalue weighted by Gasteiger charge is -2.09. The molecule has 4 rings (SSSR count). The van der Waals surface area contributed by atoms with E-state index >= 15 is 0 Å². The maximum atomic E-state index is 12.5. The highest BCUT2D eigenvalue weighted by Crippen LogP contribution is 2.25. The monoisotopic (exact) mass is 433 g/mol. The van der Waals surface area contributed by atoms with Crippen molar-refractivity contribution in [3.05, 3.63) is 82.6 Å². The van der Waals surface area contributed by atoms with Crippen LogP contribution in [0.4, 0.5) is 10.5 Å². The molecular weight excluding hydrogens is 414 g/mol. The van der Waals surface area contributed by atoms with Crippen molar-refractivity contribution in [2.24, 2.45) is 0 Å². The molecule has 0 bridgehead atoms. The van der Waals surface area contributed by atoms with Crippen LogP contribution >= 0.6 is 11.6 Å². The van der Waals surface area contributed by atoms with E-state index in [1.54, 1.807) is 40.9 Å². The number of imidazole rings is 1. The van der Waals surface area contributed by atoms with Gasteiger partial charge >= 0.3 is 6.03 Å². The van der Waals surface area contributed by atoms with E-state index < -0.39 is 0 Å². The molecule has 0 aliphatic carbocycles. The summed E-state index contributed by atoms with van der Waals surface area (Å²) in [6.45, 7) is 3.70. The van der Waals surface area contributed by atoms with Gasteiger partial charge in [0.15, 0.2) is 11.4 Å². The van der Waals surface area contributed by atoms with E-state index in [1.165, 1.54) is 6.92 Å². The lowest BCUT2D eigenvalue weighted by molar-refractivity contribution is 0.101. The summed E-state index contributed by atoms with van der Waals surface area (Å²) in [4.78, 5) is 28.5. The number of halogens is 1. The Morgan fingerprint density at radius 1 is 1.00 bits per heavy atom. The van der Waals surface area contributed by atoms with Crippen LogP contribution in [-0.4, -0.2) is 26.4 Å². The number of carbonyl (C=O) groups excluding carboxylic acids is 2. The number of nitrogens with one attached hydrogen (secondary N) is 2. The van der Waals surface area contributed by atoms with Crippen molar-refractivity contribution in [3.63, 3.8) is 0 Å². The van der Waals surface area contributed by atoms with Gasteiger partial charge in [-0.3, -0.25) is 4.79 Å². The van der Waals surface area contributed by atoms with Crippen molar-refractivity contribution in [1.82, 2.24) is 19.9 Å². The number of hydrogen-bond donors (Lipinski definition) is 2. The van der Waals surface area contributed by atoms with Gasteiger partial charge in [0.2, 0.25) is 0 Å². The largest absolute Gasteiger partial charge is 0.332 e. The second kappa shape index (κ2) is 8.57. The van der Waals surface area contributed by atoms with Crippen molar-refractivity contribution < 1.29 is 9.59 Å². The van der Waals surface area contributed by atoms with Gasteiger partial charge in [-0.05, 0) is 50.2 Å². The molecule has 2 N–H and O–H groups in total. The molecule has 8 heteroatoms. The maximum Gasteiger partial charge on any atom is 0.319 e. The normalized spacial score (nSPS) is 10.8. The Bertz CT molecular complexity index is 1260. The van der Waals surface area contributed by atoms with Crippen LogP contribution in [0, 0.1) is 6.92 Å². The molecule has 156 valence electrons. The highest BCUT2D eigenvalue weighted by molar-refractivity contribution is 6.29. The Labute approximate surface area is 184 Å². The van der Waals surface area contributed by atoms with Crippen LogP contribution in [0.2, 0.25) is 5.15 Å². The van der Waals surface area contributed by atoms with Crippen LogP contribution in [0.5, 0.6) is 0 Å². The quantitative estimate of drug-likeness (QED) is 0.439. The maximum absolute atomic E-state index is 12.5. The number of hydrogen-bond acceptors (Lipinski definition) is 4. The summed E-state index contributed by atoms with van der Waals surface area (Å²) in [5.41, 5.74) is 5.30. The Balaban J connectivity index is 1.57. The number of amides is 2. The molecule has 31 heavy (non-hydrogen) atoms. The number of aromatic nitrogens is 3. The molecule has 0 spiro atoms. The van der Waals surface area contributed by atoms with E-state index in [1.807, 2.05) is 31.2 Å². The van der Waals surface area contributed by atoms with Crippen LogP contribution in [0.15, 0.2) is 60.7 Å². The molecule has 0 saturated carbocycles. The van der Waals surface area contributed by atoms with Gasteiger partial charge < -0.3 is 10.6 Å². The zero-order valence-electron chi connectivity index (χ0n) is 17.0. The second-order valence-corrected chi connectivity index (χ2v) is 7.53. The fraction of sp³-hybridized carbons (Fsp3) is 0.130. The van der Waals surface area contributed by atoms with Gasteiger partial charge in [-0.25, -0.2) is 14.3 Å². The molecule has 0 aliphatic rings. The Morgan fingerprint density at radius 2 is 1.71 bits per heavy atom. The smallest absolute Gasteiger partial charge is 0.319 e. The second-order valence-electron chi connectivity index (χ2n) is 7.14. The van der Waals surface area contributed by atoms with Gasteiger partial charge in [0.25, 0.3) is 0 Å². The van der Waals surface area contributed by atoms with Crippen molar-refractivity contribution in [3.8, 4) is 11.3 Å². The highest BCUT2D eigenvalue weighted by atomic mass is 35.5. The van der Waals surface area contributed by atoms with Crippen LogP contribution in [-0.2, 0) is 6.54 Å². The first-order valence-electron chi connectivity index (χ1n) is 9.68. The predicted octanol–water partition coefficient (Wildman–Crippen LogP) is 4.88. The van der Waals surface area contributed by atoms with E-state index in [0.717, 1.165) is 16.8 Å². The fourth-order valence-electron chi connectivity index (χ4n) is 3.19. The lowest BCUT2D eigenvalue weighted by Crippen LogP contribution is -2.29. The number of fused-ring (bicyclic) bond motifs is 1. The van der Waals surface area contributed by atoms with Crippen LogP contribution < -0.4 is 10.6 Å². The summed E-state index contributed by atoms with van der Waals surface area (Å²) in [5.74, 6) is -0.0293. The number of ketones is 1. The van der Waals surface area contributed by atoms with Crippen molar-refractivity contribution in [2.45, 2.75) is 20.4 Å². The number of Topliss-reactive ketones (excluding diaryl/α,β-unsaturated/α-hetero) is 1. The van der Waals surface area contributed by atoms with E-state index in [0.29, 0.717) is 27.7 Å². The minimum atomic E-state index is -0.387. The van der Waals surface area contributed by atoms with Crippen LogP contribution in [0.25, 0.3) is 16.9 Å². The van der Waals surface area contributed by atoms with Gasteiger partial charge in [-0.1, -0.05) is 41.4 Å². The third-order valence-corrected chi connectivity index (χ3v) is 5.03. The summed E-state index contributed by atoms with van der Waals surface area (Å²) >= 11 is 6.09. The zero-order valence-corrected chi connectivity index (χ0v) is 17.8. The lowest BCUT2D eigenvalue weighted by atomic mass is 10.1. The van der Waals surface area contributed by atoms with Gasteiger partial charge in [-0.2, -0.15) is 5.10 Å². The number of anilines is 1. The number of aryl methyl sites for hydroxylation is 1. The molecule has 0 atom stereocenters. The van der Waals surface area contributed by atoms with Gasteiger partial charge in [-0.15, -0.1) is 0 Å². The average molecular weight is 434 g/mol. The number of carbonyl (C=O) groups is 2. The van der Waals surface area contributed by atoms with Crippen molar-refractivity contribution >= 4 is 34.7 Å². The minimum Gasteiger partial charge on any atom is -0.332 e. The summed E-state index contributed by atoms with van der Waals surface area (Å²) in [6.07, 6.45) is 0. The molecule has 0 saturated heterocycles. The summed E-state index contributed by atoms with van der Waals surface area (Å²) in [5, 5.41) is 10.3. The van der Waals surface area contributed by atoms with Crippen LogP contribution in [0.3, 0.4) is 0 Å². The van der Waals surface area contributed by atoms with E-state index in [-0.39, 0.29) is 18.4 Å². The first kappa shape index (κ1) is 20.6. The Hall–Kier alpha value is -3.71. The van der Waals surface area contributed by atoms with Gasteiger partial charge in [0.05, 0.1) is 17.9 Å². The number of urea groups is 1.